The van der Waals surface area contributed by atoms with E-state index in [0.29, 0.717) is 18.5 Å². The second-order valence-corrected chi connectivity index (χ2v) is 4.41. The first-order valence-corrected chi connectivity index (χ1v) is 5.74. The summed E-state index contributed by atoms with van der Waals surface area (Å²) in [5.41, 5.74) is 5.44. The average molecular weight is 207 g/mol. The second-order valence-electron chi connectivity index (χ2n) is 2.86. The van der Waals surface area contributed by atoms with Crippen LogP contribution in [0.5, 0.6) is 0 Å². The molecule has 0 saturated carbocycles. The highest BCUT2D eigenvalue weighted by atomic mass is 32.2. The molecule has 0 rings (SSSR count). The molecule has 1 atom stereocenters. The highest BCUT2D eigenvalue weighted by molar-refractivity contribution is 7.99. The molecule has 0 saturated heterocycles. The van der Waals surface area contributed by atoms with Crippen molar-refractivity contribution in [2.75, 3.05) is 39.2 Å². The van der Waals surface area contributed by atoms with E-state index in [1.54, 1.807) is 7.11 Å². The summed E-state index contributed by atoms with van der Waals surface area (Å²) in [7, 11) is 1.68. The third kappa shape index (κ3) is 10.1. The van der Waals surface area contributed by atoms with E-state index < -0.39 is 0 Å². The maximum atomic E-state index is 5.44. The van der Waals surface area contributed by atoms with Crippen molar-refractivity contribution < 1.29 is 9.47 Å². The summed E-state index contributed by atoms with van der Waals surface area (Å²) in [5, 5.41) is 0.649. The van der Waals surface area contributed by atoms with Gasteiger partial charge in [0.2, 0.25) is 0 Å². The first-order chi connectivity index (χ1) is 6.31. The van der Waals surface area contributed by atoms with Crippen LogP contribution >= 0.6 is 11.8 Å². The van der Waals surface area contributed by atoms with E-state index in [0.717, 1.165) is 25.3 Å². The third-order valence-electron chi connectivity index (χ3n) is 1.64. The summed E-state index contributed by atoms with van der Waals surface area (Å²) in [6, 6.07) is 0. The lowest BCUT2D eigenvalue weighted by Gasteiger charge is -2.09. The molecule has 13 heavy (non-hydrogen) atoms. The van der Waals surface area contributed by atoms with Crippen LogP contribution in [-0.2, 0) is 9.47 Å². The number of hydrogen-bond acceptors (Lipinski definition) is 4. The summed E-state index contributed by atoms with van der Waals surface area (Å²) in [4.78, 5) is 0. The third-order valence-corrected chi connectivity index (χ3v) is 2.84. The molecule has 0 bridgehead atoms. The number of hydrogen-bond donors (Lipinski definition) is 1. The van der Waals surface area contributed by atoms with E-state index >= 15 is 0 Å². The van der Waals surface area contributed by atoms with Crippen LogP contribution < -0.4 is 5.73 Å². The molecule has 0 heterocycles. The van der Waals surface area contributed by atoms with Gasteiger partial charge in [-0.1, -0.05) is 6.92 Å². The smallest absolute Gasteiger partial charge is 0.0700 e. The van der Waals surface area contributed by atoms with E-state index in [1.807, 2.05) is 11.8 Å². The zero-order valence-electron chi connectivity index (χ0n) is 8.62. The van der Waals surface area contributed by atoms with Crippen molar-refractivity contribution in [1.29, 1.82) is 0 Å². The Balaban J connectivity index is 2.97. The molecule has 0 fully saturated rings. The molecule has 4 heteroatoms. The molecular formula is C9H21NO2S. The summed E-state index contributed by atoms with van der Waals surface area (Å²) in [5.74, 6) is 1.05. The standard InChI is InChI=1S/C9H21NO2S/c1-9(3-4-10)13-8-7-12-6-5-11-2/h9H,3-8,10H2,1-2H3. The summed E-state index contributed by atoms with van der Waals surface area (Å²) in [6.07, 6.45) is 1.09. The van der Waals surface area contributed by atoms with Gasteiger partial charge >= 0.3 is 0 Å². The Morgan fingerprint density at radius 1 is 1.31 bits per heavy atom. The van der Waals surface area contributed by atoms with Gasteiger partial charge in [0.1, 0.15) is 0 Å². The lowest BCUT2D eigenvalue weighted by Crippen LogP contribution is -2.10. The number of thioether (sulfide) groups is 1. The Labute approximate surface area is 85.3 Å². The molecule has 0 aromatic heterocycles. The van der Waals surface area contributed by atoms with E-state index in [4.69, 9.17) is 15.2 Å². The van der Waals surface area contributed by atoms with Crippen molar-refractivity contribution in [3.8, 4) is 0 Å². The molecule has 2 N–H and O–H groups in total. The second kappa shape index (κ2) is 10.3. The highest BCUT2D eigenvalue weighted by Gasteiger charge is 1.99. The molecule has 1 unspecified atom stereocenters. The van der Waals surface area contributed by atoms with Crippen molar-refractivity contribution in [3.05, 3.63) is 0 Å². The van der Waals surface area contributed by atoms with E-state index in [-0.39, 0.29) is 0 Å². The zero-order valence-corrected chi connectivity index (χ0v) is 9.44. The van der Waals surface area contributed by atoms with Crippen LogP contribution in [0.15, 0.2) is 0 Å². The van der Waals surface area contributed by atoms with Crippen LogP contribution in [-0.4, -0.2) is 44.5 Å². The van der Waals surface area contributed by atoms with Crippen LogP contribution in [0, 0.1) is 0 Å². The fourth-order valence-corrected chi connectivity index (χ4v) is 1.79. The van der Waals surface area contributed by atoms with Gasteiger partial charge in [0, 0.05) is 18.1 Å². The molecule has 3 nitrogen and oxygen atoms in total. The van der Waals surface area contributed by atoms with E-state index in [1.165, 1.54) is 0 Å². The minimum absolute atomic E-state index is 0.649. The molecule has 0 aliphatic heterocycles. The van der Waals surface area contributed by atoms with Crippen LogP contribution in [0.3, 0.4) is 0 Å². The lowest BCUT2D eigenvalue weighted by molar-refractivity contribution is 0.0790. The van der Waals surface area contributed by atoms with Crippen LogP contribution in [0.4, 0.5) is 0 Å². The van der Waals surface area contributed by atoms with Gasteiger partial charge in [0.15, 0.2) is 0 Å². The van der Waals surface area contributed by atoms with Gasteiger partial charge in [-0.25, -0.2) is 0 Å². The molecule has 0 aliphatic carbocycles. The number of methoxy groups -OCH3 is 1. The molecule has 0 spiro atoms. The predicted octanol–water partition coefficient (Wildman–Crippen LogP) is 1.12. The van der Waals surface area contributed by atoms with E-state index in [2.05, 4.69) is 6.92 Å². The molecule has 0 aliphatic rings. The van der Waals surface area contributed by atoms with Gasteiger partial charge in [-0.05, 0) is 13.0 Å². The monoisotopic (exact) mass is 207 g/mol. The SMILES string of the molecule is COCCOCCSC(C)CCN. The zero-order chi connectivity index (χ0) is 9.94. The summed E-state index contributed by atoms with van der Waals surface area (Å²) < 4.78 is 10.2. The van der Waals surface area contributed by atoms with Gasteiger partial charge in [0.25, 0.3) is 0 Å². The average Bonchev–Trinajstić information content (AvgIpc) is 2.11. The fraction of sp³-hybridized carbons (Fsp3) is 1.00. The largest absolute Gasteiger partial charge is 0.382 e. The minimum Gasteiger partial charge on any atom is -0.382 e. The summed E-state index contributed by atoms with van der Waals surface area (Å²) >= 11 is 1.91. The molecule has 0 amide bonds. The van der Waals surface area contributed by atoms with Crippen molar-refractivity contribution in [2.45, 2.75) is 18.6 Å². The molecule has 0 aromatic carbocycles. The van der Waals surface area contributed by atoms with Crippen LogP contribution in [0.1, 0.15) is 13.3 Å². The molecule has 0 radical (unpaired) electrons. The van der Waals surface area contributed by atoms with E-state index in [9.17, 15) is 0 Å². The number of nitrogens with two attached hydrogens (primary N) is 1. The quantitative estimate of drug-likeness (QED) is 0.575. The first kappa shape index (κ1) is 13.2. The lowest BCUT2D eigenvalue weighted by atomic mass is 10.3. The predicted molar refractivity (Wildman–Crippen MR) is 58.3 cm³/mol. The fourth-order valence-electron chi connectivity index (χ4n) is 0.871. The molecule has 80 valence electrons. The van der Waals surface area contributed by atoms with Gasteiger partial charge in [-0.2, -0.15) is 11.8 Å². The highest BCUT2D eigenvalue weighted by Crippen LogP contribution is 2.12. The summed E-state index contributed by atoms with van der Waals surface area (Å²) in [6.45, 7) is 5.17. The van der Waals surface area contributed by atoms with Crippen molar-refractivity contribution in [1.82, 2.24) is 0 Å². The van der Waals surface area contributed by atoms with Gasteiger partial charge < -0.3 is 15.2 Å². The number of rotatable bonds is 9. The Bertz CT molecular complexity index is 104. The Kier molecular flexibility index (Phi) is 10.5. The molecule has 0 aromatic rings. The van der Waals surface area contributed by atoms with Crippen molar-refractivity contribution >= 4 is 11.8 Å². The first-order valence-electron chi connectivity index (χ1n) is 4.69. The number of ether oxygens (including phenoxy) is 2. The Hall–Kier alpha value is 0.230. The minimum atomic E-state index is 0.649. The van der Waals surface area contributed by atoms with Gasteiger partial charge in [-0.15, -0.1) is 0 Å². The van der Waals surface area contributed by atoms with Crippen molar-refractivity contribution in [2.24, 2.45) is 5.73 Å². The van der Waals surface area contributed by atoms with Crippen LogP contribution in [0.2, 0.25) is 0 Å². The van der Waals surface area contributed by atoms with Crippen molar-refractivity contribution in [3.63, 3.8) is 0 Å². The Morgan fingerprint density at radius 2 is 2.08 bits per heavy atom. The normalized spacial score (nSPS) is 13.2. The Morgan fingerprint density at radius 3 is 2.69 bits per heavy atom. The molecular weight excluding hydrogens is 186 g/mol. The topological polar surface area (TPSA) is 44.5 Å². The van der Waals surface area contributed by atoms with Gasteiger partial charge in [0.05, 0.1) is 19.8 Å². The van der Waals surface area contributed by atoms with Crippen LogP contribution in [0.25, 0.3) is 0 Å². The maximum Gasteiger partial charge on any atom is 0.0700 e. The maximum absolute atomic E-state index is 5.44. The van der Waals surface area contributed by atoms with Gasteiger partial charge in [-0.3, -0.25) is 0 Å².